The second-order valence-electron chi connectivity index (χ2n) is 2.23. The van der Waals surface area contributed by atoms with E-state index >= 15 is 0 Å². The predicted molar refractivity (Wildman–Crippen MR) is 42.2 cm³/mol. The van der Waals surface area contributed by atoms with Crippen molar-refractivity contribution in [2.75, 3.05) is 0 Å². The highest BCUT2D eigenvalue weighted by Gasteiger charge is 2.12. The third kappa shape index (κ3) is 1.66. The summed E-state index contributed by atoms with van der Waals surface area (Å²) >= 11 is 0. The Morgan fingerprint density at radius 1 is 1.42 bits per heavy atom. The minimum Gasteiger partial charge on any atom is -0.506 e. The topological polar surface area (TPSA) is 104 Å². The van der Waals surface area contributed by atoms with Crippen molar-refractivity contribution in [2.24, 2.45) is 5.14 Å². The van der Waals surface area contributed by atoms with Gasteiger partial charge in [-0.1, -0.05) is 0 Å². The van der Waals surface area contributed by atoms with Crippen LogP contribution in [-0.2, 0) is 10.0 Å². The average molecular weight is 187 g/mol. The summed E-state index contributed by atoms with van der Waals surface area (Å²) in [7, 11) is -3.88. The first-order chi connectivity index (χ1) is 5.41. The molecule has 0 heterocycles. The minimum atomic E-state index is -3.88. The van der Waals surface area contributed by atoms with E-state index in [1.165, 1.54) is 6.07 Å². The van der Waals surface area contributed by atoms with Gasteiger partial charge in [-0.2, -0.15) is 0 Å². The molecule has 1 rings (SSSR count). The van der Waals surface area contributed by atoms with Gasteiger partial charge in [0, 0.05) is 6.07 Å². The van der Waals surface area contributed by atoms with E-state index in [1.54, 1.807) is 0 Å². The van der Waals surface area contributed by atoms with Gasteiger partial charge in [0.05, 0.1) is 5.69 Å². The quantitative estimate of drug-likeness (QED) is 0.644. The number of nitrogens with two attached hydrogens (primary N) is 1. The molecule has 0 aliphatic heterocycles. The van der Waals surface area contributed by atoms with Crippen molar-refractivity contribution in [1.82, 2.24) is 5.73 Å². The van der Waals surface area contributed by atoms with E-state index in [0.717, 1.165) is 12.1 Å². The zero-order valence-corrected chi connectivity index (χ0v) is 6.80. The predicted octanol–water partition coefficient (Wildman–Crippen LogP) is -0.0460. The lowest BCUT2D eigenvalue weighted by Gasteiger charge is -2.00. The van der Waals surface area contributed by atoms with Crippen LogP contribution in [0.3, 0.4) is 0 Å². The Hall–Kier alpha value is -1.27. The molecule has 0 aliphatic rings. The Bertz CT molecular complexity index is 399. The molecule has 6 heteroatoms. The molecule has 0 unspecified atom stereocenters. The summed E-state index contributed by atoms with van der Waals surface area (Å²) in [4.78, 5) is -0.362. The van der Waals surface area contributed by atoms with Crippen LogP contribution in [-0.4, -0.2) is 13.5 Å². The fourth-order valence-corrected chi connectivity index (χ4v) is 1.37. The van der Waals surface area contributed by atoms with Crippen LogP contribution in [0.4, 0.5) is 5.69 Å². The summed E-state index contributed by atoms with van der Waals surface area (Å²) in [5.74, 6) is -0.495. The lowest BCUT2D eigenvalue weighted by Crippen LogP contribution is -2.12. The Morgan fingerprint density at radius 2 is 2.00 bits per heavy atom. The smallest absolute Gasteiger partial charge is 0.241 e. The molecule has 1 radical (unpaired) electrons. The van der Waals surface area contributed by atoms with Crippen LogP contribution >= 0.6 is 0 Å². The molecule has 4 N–H and O–H groups in total. The van der Waals surface area contributed by atoms with Crippen LogP contribution in [0.2, 0.25) is 0 Å². The molecule has 0 atom stereocenters. The number of rotatable bonds is 1. The second-order valence-corrected chi connectivity index (χ2v) is 3.76. The molecule has 0 fully saturated rings. The van der Waals surface area contributed by atoms with Gasteiger partial charge in [0.25, 0.3) is 0 Å². The minimum absolute atomic E-state index is 0.0277. The largest absolute Gasteiger partial charge is 0.506 e. The van der Waals surface area contributed by atoms with Gasteiger partial charge >= 0.3 is 0 Å². The molecule has 0 saturated heterocycles. The maximum absolute atomic E-state index is 10.7. The maximum atomic E-state index is 10.7. The summed E-state index contributed by atoms with van der Waals surface area (Å²) in [5.41, 5.74) is 7.07. The van der Waals surface area contributed by atoms with Gasteiger partial charge in [0.2, 0.25) is 10.0 Å². The van der Waals surface area contributed by atoms with Gasteiger partial charge in [-0.15, -0.1) is 0 Å². The lowest BCUT2D eigenvalue weighted by molar-refractivity contribution is 0.459. The second kappa shape index (κ2) is 2.65. The van der Waals surface area contributed by atoms with Crippen molar-refractivity contribution in [3.05, 3.63) is 18.2 Å². The number of phenolic OH excluding ortho intramolecular Hbond substituents is 1. The van der Waals surface area contributed by atoms with Crippen LogP contribution in [0.5, 0.6) is 5.75 Å². The van der Waals surface area contributed by atoms with E-state index in [2.05, 4.69) is 0 Å². The normalized spacial score (nSPS) is 11.4. The number of sulfonamides is 1. The van der Waals surface area contributed by atoms with E-state index in [1.807, 2.05) is 0 Å². The molecule has 0 aliphatic carbocycles. The van der Waals surface area contributed by atoms with Crippen LogP contribution in [0.25, 0.3) is 0 Å². The fourth-order valence-electron chi connectivity index (χ4n) is 0.758. The van der Waals surface area contributed by atoms with Crippen LogP contribution < -0.4 is 10.9 Å². The van der Waals surface area contributed by atoms with Crippen molar-refractivity contribution in [1.29, 1.82) is 0 Å². The number of primary sulfonamides is 1. The third-order valence-electron chi connectivity index (χ3n) is 1.27. The molecule has 0 aromatic heterocycles. The highest BCUT2D eigenvalue weighted by molar-refractivity contribution is 7.89. The van der Waals surface area contributed by atoms with Crippen LogP contribution in [0.1, 0.15) is 0 Å². The van der Waals surface area contributed by atoms with Gasteiger partial charge in [0.15, 0.2) is 0 Å². The van der Waals surface area contributed by atoms with E-state index in [4.69, 9.17) is 16.0 Å². The van der Waals surface area contributed by atoms with Crippen molar-refractivity contribution >= 4 is 15.7 Å². The van der Waals surface area contributed by atoms with Gasteiger partial charge < -0.3 is 10.8 Å². The van der Waals surface area contributed by atoms with Crippen LogP contribution in [0.15, 0.2) is 23.1 Å². The summed E-state index contributed by atoms with van der Waals surface area (Å²) < 4.78 is 21.4. The maximum Gasteiger partial charge on any atom is 0.241 e. The number of benzene rings is 1. The monoisotopic (exact) mass is 187 g/mol. The standard InChI is InChI=1S/C6H7N2O3S/c7-4-1-2-6(5(9)3-4)12(8,10)11/h1-3,7,9H,(H2,8,10,11). The zero-order chi connectivity index (χ0) is 9.35. The number of phenols is 1. The van der Waals surface area contributed by atoms with Gasteiger partial charge in [-0.05, 0) is 12.1 Å². The van der Waals surface area contributed by atoms with E-state index < -0.39 is 15.8 Å². The third-order valence-corrected chi connectivity index (χ3v) is 2.22. The van der Waals surface area contributed by atoms with Crippen LogP contribution in [0, 0.1) is 0 Å². The summed E-state index contributed by atoms with van der Waals surface area (Å²) in [6.07, 6.45) is 0. The molecule has 1 aromatic carbocycles. The van der Waals surface area contributed by atoms with E-state index in [9.17, 15) is 8.42 Å². The molecular formula is C6H7N2O3S. The molecule has 12 heavy (non-hydrogen) atoms. The molecule has 0 saturated carbocycles. The Labute approximate surface area is 69.7 Å². The van der Waals surface area contributed by atoms with Crippen molar-refractivity contribution in [2.45, 2.75) is 4.90 Å². The van der Waals surface area contributed by atoms with E-state index in [-0.39, 0.29) is 10.6 Å². The van der Waals surface area contributed by atoms with Crippen molar-refractivity contribution in [3.8, 4) is 5.75 Å². The van der Waals surface area contributed by atoms with Crippen molar-refractivity contribution < 1.29 is 13.5 Å². The number of nitrogens with one attached hydrogen (secondary N) is 1. The van der Waals surface area contributed by atoms with Gasteiger partial charge in [-0.25, -0.2) is 13.6 Å². The first-order valence-corrected chi connectivity index (χ1v) is 4.53. The zero-order valence-electron chi connectivity index (χ0n) is 5.98. The number of hydrogen-bond donors (Lipinski definition) is 2. The first kappa shape index (κ1) is 8.82. The number of hydrogen-bond acceptors (Lipinski definition) is 3. The molecule has 0 bridgehead atoms. The lowest BCUT2D eigenvalue weighted by atomic mass is 10.3. The molecule has 0 amide bonds. The van der Waals surface area contributed by atoms with Gasteiger partial charge in [0.1, 0.15) is 10.6 Å². The highest BCUT2D eigenvalue weighted by Crippen LogP contribution is 2.23. The summed E-state index contributed by atoms with van der Waals surface area (Å²) in [6.45, 7) is 0. The molecule has 5 nitrogen and oxygen atoms in total. The Kier molecular flexibility index (Phi) is 1.95. The highest BCUT2D eigenvalue weighted by atomic mass is 32.2. The average Bonchev–Trinajstić information content (AvgIpc) is 1.83. The molecule has 0 spiro atoms. The fraction of sp³-hybridized carbons (Fsp3) is 0. The van der Waals surface area contributed by atoms with Crippen molar-refractivity contribution in [3.63, 3.8) is 0 Å². The molecule has 1 aromatic rings. The Balaban J connectivity index is 3.39. The number of aromatic hydroxyl groups is 1. The van der Waals surface area contributed by atoms with E-state index in [0.29, 0.717) is 0 Å². The molecule has 65 valence electrons. The molecular weight excluding hydrogens is 180 g/mol. The SMILES string of the molecule is [NH]c1ccc(S(N)(=O)=O)c(O)c1. The summed E-state index contributed by atoms with van der Waals surface area (Å²) in [6, 6.07) is 3.34. The summed E-state index contributed by atoms with van der Waals surface area (Å²) in [5, 5.41) is 13.8. The Morgan fingerprint density at radius 3 is 2.42 bits per heavy atom. The van der Waals surface area contributed by atoms with Gasteiger partial charge in [-0.3, -0.25) is 0 Å². The first-order valence-electron chi connectivity index (χ1n) is 2.98.